The maximum Gasteiger partial charge on any atom is 0.108 e. The molecule has 0 aliphatic heterocycles. The van der Waals surface area contributed by atoms with Crippen molar-refractivity contribution in [3.8, 4) is 0 Å². The van der Waals surface area contributed by atoms with E-state index in [9.17, 15) is 5.11 Å². The van der Waals surface area contributed by atoms with Gasteiger partial charge in [-0.3, -0.25) is 4.68 Å². The van der Waals surface area contributed by atoms with Crippen LogP contribution in [0.2, 0.25) is 0 Å². The second kappa shape index (κ2) is 5.99. The van der Waals surface area contributed by atoms with Gasteiger partial charge in [0.05, 0.1) is 6.20 Å². The van der Waals surface area contributed by atoms with Gasteiger partial charge in [-0.25, -0.2) is 0 Å². The fourth-order valence-electron chi connectivity index (χ4n) is 1.78. The van der Waals surface area contributed by atoms with Crippen LogP contribution in [0.15, 0.2) is 39.5 Å². The number of aromatic nitrogens is 2. The summed E-state index contributed by atoms with van der Waals surface area (Å²) in [5, 5.41) is 14.6. The van der Waals surface area contributed by atoms with Gasteiger partial charge in [0.1, 0.15) is 6.10 Å². The van der Waals surface area contributed by atoms with Crippen molar-refractivity contribution in [1.82, 2.24) is 9.78 Å². The van der Waals surface area contributed by atoms with E-state index in [2.05, 4.69) is 43.9 Å². The van der Waals surface area contributed by atoms with Gasteiger partial charge in [-0.2, -0.15) is 5.10 Å². The average molecular weight is 374 g/mol. The Bertz CT molecular complexity index is 540. The quantitative estimate of drug-likeness (QED) is 0.882. The minimum absolute atomic E-state index is 0.664. The first-order chi connectivity index (χ1) is 8.61. The lowest BCUT2D eigenvalue weighted by atomic mass is 10.1. The van der Waals surface area contributed by atoms with Crippen LogP contribution in [0.5, 0.6) is 0 Å². The highest BCUT2D eigenvalue weighted by Gasteiger charge is 2.15. The van der Waals surface area contributed by atoms with Gasteiger partial charge in [-0.05, 0) is 24.6 Å². The second-order valence-corrected chi connectivity index (χ2v) is 5.88. The first-order valence-corrected chi connectivity index (χ1v) is 7.35. The molecule has 0 aliphatic rings. The normalized spacial score (nSPS) is 12.7. The van der Waals surface area contributed by atoms with E-state index in [-0.39, 0.29) is 0 Å². The van der Waals surface area contributed by atoms with Crippen molar-refractivity contribution in [3.05, 3.63) is 50.7 Å². The van der Waals surface area contributed by atoms with Gasteiger partial charge in [0.2, 0.25) is 0 Å². The molecular formula is C13H14Br2N2O. The van der Waals surface area contributed by atoms with Crippen molar-refractivity contribution >= 4 is 31.9 Å². The van der Waals surface area contributed by atoms with Gasteiger partial charge in [0, 0.05) is 32.8 Å². The Morgan fingerprint density at radius 1 is 1.39 bits per heavy atom. The van der Waals surface area contributed by atoms with Crippen LogP contribution in [0.4, 0.5) is 0 Å². The highest BCUT2D eigenvalue weighted by atomic mass is 79.9. The molecule has 1 unspecified atom stereocenters. The predicted octanol–water partition coefficient (Wildman–Crippen LogP) is 3.90. The van der Waals surface area contributed by atoms with Gasteiger partial charge in [-0.15, -0.1) is 0 Å². The topological polar surface area (TPSA) is 38.0 Å². The van der Waals surface area contributed by atoms with Crippen molar-refractivity contribution in [3.63, 3.8) is 0 Å². The summed E-state index contributed by atoms with van der Waals surface area (Å²) < 4.78 is 3.69. The molecule has 0 spiro atoms. The molecule has 0 fully saturated rings. The molecule has 1 aromatic carbocycles. The minimum Gasteiger partial charge on any atom is -0.383 e. The van der Waals surface area contributed by atoms with Crippen molar-refractivity contribution in [2.45, 2.75) is 26.0 Å². The number of hydrogen-bond donors (Lipinski definition) is 1. The molecule has 0 amide bonds. The molecule has 1 aromatic heterocycles. The molecule has 0 radical (unpaired) electrons. The van der Waals surface area contributed by atoms with E-state index in [0.717, 1.165) is 33.0 Å². The Hall–Kier alpha value is -0.650. The molecule has 1 N–H and O–H groups in total. The fraction of sp³-hybridized carbons (Fsp3) is 0.308. The molecule has 0 aliphatic carbocycles. The Morgan fingerprint density at radius 2 is 2.17 bits per heavy atom. The molecule has 5 heteroatoms. The number of aryl methyl sites for hydroxylation is 1. The maximum absolute atomic E-state index is 10.4. The van der Waals surface area contributed by atoms with Crippen molar-refractivity contribution in [1.29, 1.82) is 0 Å². The van der Waals surface area contributed by atoms with Crippen LogP contribution in [-0.4, -0.2) is 14.9 Å². The zero-order valence-corrected chi connectivity index (χ0v) is 13.1. The van der Waals surface area contributed by atoms with Crippen LogP contribution in [0.3, 0.4) is 0 Å². The molecular weight excluding hydrogens is 360 g/mol. The first-order valence-electron chi connectivity index (χ1n) is 5.77. The van der Waals surface area contributed by atoms with Gasteiger partial charge >= 0.3 is 0 Å². The summed E-state index contributed by atoms with van der Waals surface area (Å²) >= 11 is 6.87. The average Bonchev–Trinajstić information content (AvgIpc) is 2.80. The smallest absolute Gasteiger partial charge is 0.108 e. The van der Waals surface area contributed by atoms with Crippen LogP contribution < -0.4 is 0 Å². The van der Waals surface area contributed by atoms with Gasteiger partial charge in [0.15, 0.2) is 0 Å². The fourth-order valence-corrected chi connectivity index (χ4v) is 2.62. The van der Waals surface area contributed by atoms with Gasteiger partial charge in [0.25, 0.3) is 0 Å². The largest absolute Gasteiger partial charge is 0.383 e. The Morgan fingerprint density at radius 3 is 2.89 bits per heavy atom. The summed E-state index contributed by atoms with van der Waals surface area (Å²) in [6.07, 6.45) is 3.97. The third-order valence-electron chi connectivity index (χ3n) is 2.67. The molecule has 0 bridgehead atoms. The summed E-state index contributed by atoms with van der Waals surface area (Å²) in [4.78, 5) is 0. The zero-order valence-electron chi connectivity index (χ0n) is 9.98. The van der Waals surface area contributed by atoms with Crippen LogP contribution in [-0.2, 0) is 6.54 Å². The van der Waals surface area contributed by atoms with E-state index < -0.39 is 6.10 Å². The molecule has 18 heavy (non-hydrogen) atoms. The number of benzene rings is 1. The Labute approximate surface area is 123 Å². The highest BCUT2D eigenvalue weighted by molar-refractivity contribution is 9.11. The number of aliphatic hydroxyl groups excluding tert-OH is 1. The molecule has 96 valence electrons. The second-order valence-electron chi connectivity index (χ2n) is 4.11. The number of halogens is 2. The molecule has 0 saturated heterocycles. The SMILES string of the molecule is CCCn1cc(C(O)c2cc(Br)ccc2Br)cn1. The molecule has 2 aromatic rings. The summed E-state index contributed by atoms with van der Waals surface area (Å²) in [5.74, 6) is 0. The van der Waals surface area contributed by atoms with E-state index in [0.29, 0.717) is 0 Å². The standard InChI is InChI=1S/C13H14Br2N2O/c1-2-5-17-8-9(7-16-17)13(18)11-6-10(14)3-4-12(11)15/h3-4,6-8,13,18H,2,5H2,1H3. The van der Waals surface area contributed by atoms with Crippen LogP contribution in [0.1, 0.15) is 30.6 Å². The number of nitrogens with zero attached hydrogens (tertiary/aromatic N) is 2. The first kappa shape index (κ1) is 13.8. The molecule has 3 nitrogen and oxygen atoms in total. The molecule has 2 rings (SSSR count). The van der Waals surface area contributed by atoms with E-state index in [1.807, 2.05) is 29.1 Å². The number of aliphatic hydroxyl groups is 1. The van der Waals surface area contributed by atoms with Crippen LogP contribution in [0.25, 0.3) is 0 Å². The van der Waals surface area contributed by atoms with E-state index in [1.165, 1.54) is 0 Å². The lowest BCUT2D eigenvalue weighted by Gasteiger charge is -2.11. The summed E-state index contributed by atoms with van der Waals surface area (Å²) in [6, 6.07) is 5.76. The maximum atomic E-state index is 10.4. The van der Waals surface area contributed by atoms with Crippen molar-refractivity contribution in [2.75, 3.05) is 0 Å². The third kappa shape index (κ3) is 3.02. The van der Waals surface area contributed by atoms with Gasteiger partial charge < -0.3 is 5.11 Å². The third-order valence-corrected chi connectivity index (χ3v) is 3.89. The molecule has 0 saturated carbocycles. The van der Waals surface area contributed by atoms with Crippen LogP contribution in [0, 0.1) is 0 Å². The predicted molar refractivity (Wildman–Crippen MR) is 78.4 cm³/mol. The number of hydrogen-bond acceptors (Lipinski definition) is 2. The van der Waals surface area contributed by atoms with Gasteiger partial charge in [-0.1, -0.05) is 38.8 Å². The molecule has 1 heterocycles. The lowest BCUT2D eigenvalue weighted by molar-refractivity contribution is 0.219. The highest BCUT2D eigenvalue weighted by Crippen LogP contribution is 2.30. The summed E-state index contributed by atoms with van der Waals surface area (Å²) in [5.41, 5.74) is 1.64. The monoisotopic (exact) mass is 372 g/mol. The zero-order chi connectivity index (χ0) is 13.1. The van der Waals surface area contributed by atoms with E-state index in [1.54, 1.807) is 6.20 Å². The van der Waals surface area contributed by atoms with E-state index >= 15 is 0 Å². The Kier molecular flexibility index (Phi) is 4.59. The van der Waals surface area contributed by atoms with E-state index in [4.69, 9.17) is 0 Å². The summed E-state index contributed by atoms with van der Waals surface area (Å²) in [7, 11) is 0. The minimum atomic E-state index is -0.664. The lowest BCUT2D eigenvalue weighted by Crippen LogP contribution is -2.00. The van der Waals surface area contributed by atoms with Crippen LogP contribution >= 0.6 is 31.9 Å². The molecule has 1 atom stereocenters. The van der Waals surface area contributed by atoms with Crippen molar-refractivity contribution < 1.29 is 5.11 Å². The number of rotatable bonds is 4. The Balaban J connectivity index is 2.29. The van der Waals surface area contributed by atoms with Crippen molar-refractivity contribution in [2.24, 2.45) is 0 Å². The summed E-state index contributed by atoms with van der Waals surface area (Å²) in [6.45, 7) is 2.97.